The molecule has 1 aliphatic rings. The molecule has 0 fully saturated rings. The highest BCUT2D eigenvalue weighted by Gasteiger charge is 2.21. The van der Waals surface area contributed by atoms with E-state index in [2.05, 4.69) is 0 Å². The Morgan fingerprint density at radius 1 is 1.50 bits per heavy atom. The first-order chi connectivity index (χ1) is 6.72. The van der Waals surface area contributed by atoms with Gasteiger partial charge >= 0.3 is 0 Å². The molecular weight excluding hydrogens is 214 g/mol. The Labute approximate surface area is 92.9 Å². The fourth-order valence-electron chi connectivity index (χ4n) is 1.32. The van der Waals surface area contributed by atoms with E-state index in [-0.39, 0.29) is 5.78 Å². The highest BCUT2D eigenvalue weighted by molar-refractivity contribution is 7.99. The zero-order valence-corrected chi connectivity index (χ0v) is 8.86. The lowest BCUT2D eigenvalue weighted by Gasteiger charge is -2.16. The van der Waals surface area contributed by atoms with Gasteiger partial charge in [-0.25, -0.2) is 0 Å². The summed E-state index contributed by atoms with van der Waals surface area (Å²) < 4.78 is 0. The van der Waals surface area contributed by atoms with Gasteiger partial charge in [0.15, 0.2) is 5.78 Å². The second kappa shape index (κ2) is 3.83. The topological polar surface area (TPSA) is 17.1 Å². The third-order valence-electron chi connectivity index (χ3n) is 2.06. The van der Waals surface area contributed by atoms with Gasteiger partial charge in [0, 0.05) is 21.2 Å². The zero-order chi connectivity index (χ0) is 10.1. The van der Waals surface area contributed by atoms with Gasteiger partial charge in [-0.2, -0.15) is 0 Å². The number of ketones is 1. The summed E-state index contributed by atoms with van der Waals surface area (Å²) in [5, 5.41) is 0.580. The summed E-state index contributed by atoms with van der Waals surface area (Å²) in [4.78, 5) is 12.8. The Bertz CT molecular complexity index is 428. The number of rotatable bonds is 0. The summed E-state index contributed by atoms with van der Waals surface area (Å²) in [5.41, 5.74) is 1.30. The minimum absolute atomic E-state index is 0.0104. The Morgan fingerprint density at radius 2 is 2.29 bits per heavy atom. The molecule has 0 aromatic heterocycles. The summed E-state index contributed by atoms with van der Waals surface area (Å²) in [6.07, 6.45) is 0. The summed E-state index contributed by atoms with van der Waals surface area (Å²) in [6.45, 7) is 0. The number of halogens is 1. The number of carbonyl (C=O) groups is 1. The molecule has 0 N–H and O–H groups in total. The fraction of sp³-hybridized carbons (Fsp3) is 0.100. The number of Topliss-reactive ketones (excluding diaryl/α,β-unsaturated/α-hetero) is 1. The predicted molar refractivity (Wildman–Crippen MR) is 60.3 cm³/mol. The molecule has 1 aromatic carbocycles. The van der Waals surface area contributed by atoms with Gasteiger partial charge in [-0.3, -0.25) is 4.79 Å². The number of hydrogen-bond acceptors (Lipinski definition) is 2. The van der Waals surface area contributed by atoms with Crippen LogP contribution in [0.25, 0.3) is 0 Å². The van der Waals surface area contributed by atoms with E-state index in [1.54, 1.807) is 23.9 Å². The van der Waals surface area contributed by atoms with Crippen LogP contribution in [0.15, 0.2) is 34.6 Å². The molecule has 0 unspecified atom stereocenters. The zero-order valence-electron chi connectivity index (χ0n) is 7.29. The molecule has 1 aromatic rings. The van der Waals surface area contributed by atoms with Crippen LogP contribution >= 0.6 is 23.4 Å². The van der Waals surface area contributed by atoms with Crippen molar-refractivity contribution in [2.75, 3.05) is 5.75 Å². The van der Waals surface area contributed by atoms with Crippen molar-refractivity contribution in [1.29, 1.82) is 0 Å². The summed E-state index contributed by atoms with van der Waals surface area (Å²) in [6, 6.07) is 5.35. The number of fused-ring (bicyclic) bond motifs is 1. The molecule has 14 heavy (non-hydrogen) atoms. The first kappa shape index (κ1) is 9.87. The smallest absolute Gasteiger partial charge is 0.189 e. The first-order valence-electron chi connectivity index (χ1n) is 4.10. The van der Waals surface area contributed by atoms with E-state index in [0.29, 0.717) is 21.9 Å². The van der Waals surface area contributed by atoms with Crippen molar-refractivity contribution in [2.24, 2.45) is 0 Å². The van der Waals surface area contributed by atoms with Crippen LogP contribution in [-0.4, -0.2) is 19.4 Å². The first-order valence-corrected chi connectivity index (χ1v) is 5.46. The van der Waals surface area contributed by atoms with Gasteiger partial charge in [0.25, 0.3) is 0 Å². The van der Waals surface area contributed by atoms with Gasteiger partial charge in [-0.15, -0.1) is 17.7 Å². The van der Waals surface area contributed by atoms with Crippen LogP contribution in [0, 0.1) is 0 Å². The van der Waals surface area contributed by atoms with Crippen molar-refractivity contribution in [3.8, 4) is 0 Å². The van der Waals surface area contributed by atoms with Crippen LogP contribution in [0.1, 0.15) is 10.4 Å². The molecule has 1 nitrogen and oxygen atoms in total. The lowest BCUT2D eigenvalue weighted by molar-refractivity contribution is 0.103. The largest absolute Gasteiger partial charge is 0.289 e. The van der Waals surface area contributed by atoms with E-state index >= 15 is 0 Å². The van der Waals surface area contributed by atoms with E-state index in [1.165, 1.54) is 5.98 Å². The molecule has 0 aliphatic carbocycles. The molecule has 2 radical (unpaired) electrons. The maximum Gasteiger partial charge on any atom is 0.189 e. The highest BCUT2D eigenvalue weighted by atomic mass is 35.5. The van der Waals surface area contributed by atoms with Crippen LogP contribution in [0.2, 0.25) is 5.02 Å². The highest BCUT2D eigenvalue weighted by Crippen LogP contribution is 2.33. The SMILES string of the molecule is [B]/C=C1\CSc2ccc(Cl)cc2C1=O. The van der Waals surface area contributed by atoms with E-state index in [0.717, 1.165) is 4.90 Å². The van der Waals surface area contributed by atoms with Crippen molar-refractivity contribution in [2.45, 2.75) is 4.90 Å². The van der Waals surface area contributed by atoms with E-state index in [9.17, 15) is 4.79 Å². The average Bonchev–Trinajstić information content (AvgIpc) is 2.20. The fourth-order valence-corrected chi connectivity index (χ4v) is 2.51. The number of thioether (sulfide) groups is 1. The Hall–Kier alpha value is -0.665. The van der Waals surface area contributed by atoms with Crippen LogP contribution in [0.4, 0.5) is 0 Å². The van der Waals surface area contributed by atoms with E-state index in [1.807, 2.05) is 6.07 Å². The van der Waals surface area contributed by atoms with Gasteiger partial charge in [0.1, 0.15) is 7.85 Å². The normalized spacial score (nSPS) is 18.4. The molecule has 0 bridgehead atoms. The lowest BCUT2D eigenvalue weighted by Crippen LogP contribution is -2.12. The van der Waals surface area contributed by atoms with Gasteiger partial charge in [0.2, 0.25) is 0 Å². The molecule has 1 heterocycles. The summed E-state index contributed by atoms with van der Waals surface area (Å²) in [7, 11) is 5.36. The summed E-state index contributed by atoms with van der Waals surface area (Å²) >= 11 is 7.43. The van der Waals surface area contributed by atoms with Gasteiger partial charge < -0.3 is 0 Å². The van der Waals surface area contributed by atoms with Crippen LogP contribution in [0.5, 0.6) is 0 Å². The van der Waals surface area contributed by atoms with Gasteiger partial charge in [0.05, 0.1) is 0 Å². The van der Waals surface area contributed by atoms with E-state index < -0.39 is 0 Å². The van der Waals surface area contributed by atoms with Crippen molar-refractivity contribution in [3.05, 3.63) is 40.3 Å². The molecule has 2 rings (SSSR count). The maximum absolute atomic E-state index is 11.8. The molecule has 68 valence electrons. The number of benzene rings is 1. The van der Waals surface area contributed by atoms with Crippen LogP contribution in [0.3, 0.4) is 0 Å². The minimum atomic E-state index is -0.0104. The molecule has 0 atom stereocenters. The van der Waals surface area contributed by atoms with Crippen molar-refractivity contribution in [1.82, 2.24) is 0 Å². The second-order valence-corrected chi connectivity index (χ2v) is 4.40. The second-order valence-electron chi connectivity index (χ2n) is 2.95. The summed E-state index contributed by atoms with van der Waals surface area (Å²) in [5.74, 6) is 2.01. The van der Waals surface area contributed by atoms with Crippen molar-refractivity contribution in [3.63, 3.8) is 0 Å². The van der Waals surface area contributed by atoms with Crippen molar-refractivity contribution >= 4 is 37.0 Å². The molecule has 0 saturated carbocycles. The van der Waals surface area contributed by atoms with E-state index in [4.69, 9.17) is 19.4 Å². The Morgan fingerprint density at radius 3 is 3.00 bits per heavy atom. The molecular formula is C10H6BClOS. The average molecular weight is 220 g/mol. The van der Waals surface area contributed by atoms with Gasteiger partial charge in [-0.05, 0) is 23.8 Å². The van der Waals surface area contributed by atoms with Gasteiger partial charge in [-0.1, -0.05) is 11.6 Å². The number of carbonyl (C=O) groups excluding carboxylic acids is 1. The Kier molecular flexibility index (Phi) is 2.70. The quantitative estimate of drug-likeness (QED) is 0.494. The number of hydrogen-bond donors (Lipinski definition) is 0. The lowest BCUT2D eigenvalue weighted by atomic mass is 9.98. The predicted octanol–water partition coefficient (Wildman–Crippen LogP) is 2.68. The standard InChI is InChI=1S/C10H6BClOS/c11-4-6-5-14-9-2-1-7(12)3-8(9)10(6)13/h1-4H,5H2/b6-4+. The van der Waals surface area contributed by atoms with Crippen LogP contribution in [-0.2, 0) is 0 Å². The molecule has 1 aliphatic heterocycles. The molecule has 0 spiro atoms. The molecule has 0 saturated heterocycles. The third kappa shape index (κ3) is 1.62. The van der Waals surface area contributed by atoms with Crippen molar-refractivity contribution < 1.29 is 4.79 Å². The Balaban J connectivity index is 2.54. The minimum Gasteiger partial charge on any atom is -0.289 e. The molecule has 0 amide bonds. The monoisotopic (exact) mass is 220 g/mol. The van der Waals surface area contributed by atoms with Crippen LogP contribution < -0.4 is 0 Å². The molecule has 4 heteroatoms. The maximum atomic E-state index is 11.8. The third-order valence-corrected chi connectivity index (χ3v) is 3.42.